The molecule has 104 valence electrons. The molecule has 0 aliphatic carbocycles. The third-order valence-corrected chi connectivity index (χ3v) is 3.70. The van der Waals surface area contributed by atoms with Gasteiger partial charge in [-0.05, 0) is 40.2 Å². The number of amides is 1. The van der Waals surface area contributed by atoms with Gasteiger partial charge >= 0.3 is 0 Å². The molecular weight excluding hydrogens is 232 g/mol. The Morgan fingerprint density at radius 3 is 2.78 bits per heavy atom. The number of hydrogen-bond donors (Lipinski definition) is 2. The van der Waals surface area contributed by atoms with Crippen LogP contribution in [0.5, 0.6) is 0 Å². The molecule has 0 bridgehead atoms. The first-order valence-corrected chi connectivity index (χ1v) is 6.72. The van der Waals surface area contributed by atoms with Crippen molar-refractivity contribution in [2.45, 2.75) is 45.5 Å². The van der Waals surface area contributed by atoms with Crippen LogP contribution in [-0.2, 0) is 14.3 Å². The van der Waals surface area contributed by atoms with Crippen molar-refractivity contribution in [3.8, 4) is 0 Å². The Kier molecular flexibility index (Phi) is 3.94. The molecule has 2 unspecified atom stereocenters. The summed E-state index contributed by atoms with van der Waals surface area (Å²) in [5.41, 5.74) is -0.284. The summed E-state index contributed by atoms with van der Waals surface area (Å²) in [4.78, 5) is 12.2. The van der Waals surface area contributed by atoms with E-state index in [2.05, 4.69) is 10.6 Å². The summed E-state index contributed by atoms with van der Waals surface area (Å²) in [5, 5.41) is 6.27. The second-order valence-corrected chi connectivity index (χ2v) is 6.00. The molecule has 2 fully saturated rings. The van der Waals surface area contributed by atoms with Gasteiger partial charge in [-0.25, -0.2) is 0 Å². The quantitative estimate of drug-likeness (QED) is 0.778. The molecule has 2 N–H and O–H groups in total. The molecule has 0 aromatic rings. The number of carbonyl (C=O) groups is 1. The van der Waals surface area contributed by atoms with E-state index in [1.54, 1.807) is 0 Å². The molecule has 0 saturated carbocycles. The van der Waals surface area contributed by atoms with Crippen LogP contribution in [0, 0.1) is 5.41 Å². The summed E-state index contributed by atoms with van der Waals surface area (Å²) < 4.78 is 11.1. The highest BCUT2D eigenvalue weighted by molar-refractivity contribution is 5.82. The molecule has 5 nitrogen and oxygen atoms in total. The highest BCUT2D eigenvalue weighted by Gasteiger charge is 2.36. The van der Waals surface area contributed by atoms with Crippen molar-refractivity contribution in [2.24, 2.45) is 5.41 Å². The molecule has 2 aliphatic rings. The number of hydrogen-bond acceptors (Lipinski definition) is 4. The second-order valence-electron chi connectivity index (χ2n) is 6.00. The average molecular weight is 256 g/mol. The fourth-order valence-electron chi connectivity index (χ4n) is 2.53. The number of ether oxygens (including phenoxy) is 2. The average Bonchev–Trinajstić information content (AvgIpc) is 2.67. The largest absolute Gasteiger partial charge is 0.353 e. The smallest absolute Gasteiger partial charge is 0.227 e. The molecule has 0 spiro atoms. The molecule has 1 amide bonds. The third-order valence-electron chi connectivity index (χ3n) is 3.70. The SMILES string of the molecule is CC1(C)OCC(CNC(=O)C2(C)CCCNC2)O1. The Hall–Kier alpha value is -0.650. The standard InChI is InChI=1S/C13H24N2O3/c1-12(2)17-8-10(18-12)7-15-11(16)13(3)5-4-6-14-9-13/h10,14H,4-9H2,1-3H3,(H,15,16). The van der Waals surface area contributed by atoms with Crippen molar-refractivity contribution in [1.82, 2.24) is 10.6 Å². The van der Waals surface area contributed by atoms with Crippen LogP contribution >= 0.6 is 0 Å². The minimum Gasteiger partial charge on any atom is -0.353 e. The Bertz CT molecular complexity index is 311. The van der Waals surface area contributed by atoms with Crippen molar-refractivity contribution in [3.63, 3.8) is 0 Å². The van der Waals surface area contributed by atoms with E-state index < -0.39 is 5.79 Å². The van der Waals surface area contributed by atoms with Gasteiger partial charge in [-0.2, -0.15) is 0 Å². The van der Waals surface area contributed by atoms with Gasteiger partial charge < -0.3 is 20.1 Å². The van der Waals surface area contributed by atoms with Gasteiger partial charge in [0.25, 0.3) is 0 Å². The minimum absolute atomic E-state index is 0.0379. The van der Waals surface area contributed by atoms with E-state index in [0.29, 0.717) is 13.2 Å². The summed E-state index contributed by atoms with van der Waals surface area (Å²) in [6.07, 6.45) is 1.96. The fraction of sp³-hybridized carbons (Fsp3) is 0.923. The first-order chi connectivity index (χ1) is 8.41. The first-order valence-electron chi connectivity index (χ1n) is 6.72. The normalized spacial score (nSPS) is 35.4. The van der Waals surface area contributed by atoms with Crippen LogP contribution in [0.25, 0.3) is 0 Å². The predicted molar refractivity (Wildman–Crippen MR) is 68.1 cm³/mol. The van der Waals surface area contributed by atoms with Crippen LogP contribution in [-0.4, -0.2) is 44.0 Å². The van der Waals surface area contributed by atoms with E-state index in [4.69, 9.17) is 9.47 Å². The van der Waals surface area contributed by atoms with Crippen molar-refractivity contribution in [1.29, 1.82) is 0 Å². The van der Waals surface area contributed by atoms with Gasteiger partial charge in [0.05, 0.1) is 12.0 Å². The fourth-order valence-corrected chi connectivity index (χ4v) is 2.53. The van der Waals surface area contributed by atoms with Gasteiger partial charge in [-0.15, -0.1) is 0 Å². The molecular formula is C13H24N2O3. The van der Waals surface area contributed by atoms with Crippen molar-refractivity contribution >= 4 is 5.91 Å². The van der Waals surface area contributed by atoms with E-state index in [9.17, 15) is 4.79 Å². The van der Waals surface area contributed by atoms with Crippen LogP contribution in [0.15, 0.2) is 0 Å². The highest BCUT2D eigenvalue weighted by atomic mass is 16.7. The lowest BCUT2D eigenvalue weighted by atomic mass is 9.82. The third kappa shape index (κ3) is 3.22. The van der Waals surface area contributed by atoms with Crippen molar-refractivity contribution < 1.29 is 14.3 Å². The monoisotopic (exact) mass is 256 g/mol. The van der Waals surface area contributed by atoms with E-state index in [-0.39, 0.29) is 17.4 Å². The van der Waals surface area contributed by atoms with E-state index in [1.807, 2.05) is 20.8 Å². The number of piperidine rings is 1. The Morgan fingerprint density at radius 2 is 2.22 bits per heavy atom. The van der Waals surface area contributed by atoms with E-state index in [1.165, 1.54) is 0 Å². The summed E-state index contributed by atoms with van der Waals surface area (Å²) >= 11 is 0. The van der Waals surface area contributed by atoms with Gasteiger partial charge in [-0.1, -0.05) is 0 Å². The molecule has 0 aromatic heterocycles. The summed E-state index contributed by atoms with van der Waals surface area (Å²) in [6.45, 7) is 8.63. The lowest BCUT2D eigenvalue weighted by Crippen LogP contribution is -2.50. The molecule has 5 heteroatoms. The number of rotatable bonds is 3. The molecule has 0 radical (unpaired) electrons. The summed E-state index contributed by atoms with van der Waals surface area (Å²) in [6, 6.07) is 0. The molecule has 2 rings (SSSR count). The summed E-state index contributed by atoms with van der Waals surface area (Å²) in [7, 11) is 0. The lowest BCUT2D eigenvalue weighted by Gasteiger charge is -2.32. The van der Waals surface area contributed by atoms with Crippen LogP contribution < -0.4 is 10.6 Å². The number of carbonyl (C=O) groups excluding carboxylic acids is 1. The summed E-state index contributed by atoms with van der Waals surface area (Å²) in [5.74, 6) is -0.408. The lowest BCUT2D eigenvalue weighted by molar-refractivity contribution is -0.141. The highest BCUT2D eigenvalue weighted by Crippen LogP contribution is 2.26. The van der Waals surface area contributed by atoms with Gasteiger partial charge in [0.2, 0.25) is 5.91 Å². The van der Waals surface area contributed by atoms with Gasteiger partial charge in [0.1, 0.15) is 6.10 Å². The number of nitrogens with one attached hydrogen (secondary N) is 2. The Labute approximate surface area is 109 Å². The van der Waals surface area contributed by atoms with Crippen LogP contribution in [0.4, 0.5) is 0 Å². The van der Waals surface area contributed by atoms with Crippen molar-refractivity contribution in [3.05, 3.63) is 0 Å². The zero-order valence-electron chi connectivity index (χ0n) is 11.5. The van der Waals surface area contributed by atoms with Crippen molar-refractivity contribution in [2.75, 3.05) is 26.2 Å². The molecule has 2 heterocycles. The van der Waals surface area contributed by atoms with Crippen LogP contribution in [0.3, 0.4) is 0 Å². The Balaban J connectivity index is 1.78. The maximum Gasteiger partial charge on any atom is 0.227 e. The zero-order chi connectivity index (χ0) is 13.2. The van der Waals surface area contributed by atoms with E-state index in [0.717, 1.165) is 25.9 Å². The zero-order valence-corrected chi connectivity index (χ0v) is 11.5. The van der Waals surface area contributed by atoms with Crippen LogP contribution in [0.2, 0.25) is 0 Å². The molecule has 0 aromatic carbocycles. The second kappa shape index (κ2) is 5.15. The predicted octanol–water partition coefficient (Wildman–Crippen LogP) is 0.644. The molecule has 2 saturated heterocycles. The molecule has 18 heavy (non-hydrogen) atoms. The molecule has 2 atom stereocenters. The topological polar surface area (TPSA) is 59.6 Å². The van der Waals surface area contributed by atoms with E-state index >= 15 is 0 Å². The first kappa shape index (κ1) is 13.8. The maximum absolute atomic E-state index is 12.2. The van der Waals surface area contributed by atoms with Crippen LogP contribution in [0.1, 0.15) is 33.6 Å². The van der Waals surface area contributed by atoms with Gasteiger partial charge in [0.15, 0.2) is 5.79 Å². The minimum atomic E-state index is -0.522. The molecule has 2 aliphatic heterocycles. The Morgan fingerprint density at radius 1 is 1.44 bits per heavy atom. The van der Waals surface area contributed by atoms with Gasteiger partial charge in [0, 0.05) is 13.1 Å². The van der Waals surface area contributed by atoms with Gasteiger partial charge in [-0.3, -0.25) is 4.79 Å². The maximum atomic E-state index is 12.2.